The third-order valence-electron chi connectivity index (χ3n) is 1.76. The minimum absolute atomic E-state index is 0.488. The molecule has 1 atom stereocenters. The standard InChI is InChI=1S/C6H15BrO2Si/c1-5-6(2)10(7,8-3)9-4/h6H,5H2,1-4H3. The third-order valence-corrected chi connectivity index (χ3v) is 8.74. The molecule has 0 rings (SSSR count). The summed E-state index contributed by atoms with van der Waals surface area (Å²) in [7, 11) is 1.39. The van der Waals surface area contributed by atoms with Crippen molar-refractivity contribution in [2.75, 3.05) is 14.2 Å². The van der Waals surface area contributed by atoms with Crippen LogP contribution in [0.1, 0.15) is 20.3 Å². The first-order valence-electron chi connectivity index (χ1n) is 3.40. The highest BCUT2D eigenvalue weighted by atomic mass is 79.9. The van der Waals surface area contributed by atoms with Gasteiger partial charge in [0.05, 0.1) is 0 Å². The molecule has 0 saturated heterocycles. The molecule has 0 radical (unpaired) electrons. The predicted octanol–water partition coefficient (Wildman–Crippen LogP) is 2.41. The van der Waals surface area contributed by atoms with Crippen molar-refractivity contribution in [3.63, 3.8) is 0 Å². The smallest absolute Gasteiger partial charge is 0.390 e. The number of rotatable bonds is 4. The van der Waals surface area contributed by atoms with Gasteiger partial charge in [-0.2, -0.15) is 0 Å². The van der Waals surface area contributed by atoms with Crippen molar-refractivity contribution in [2.45, 2.75) is 25.8 Å². The van der Waals surface area contributed by atoms with E-state index in [1.54, 1.807) is 14.2 Å². The van der Waals surface area contributed by atoms with Gasteiger partial charge in [-0.05, 0) is 0 Å². The van der Waals surface area contributed by atoms with Crippen LogP contribution in [0.2, 0.25) is 5.54 Å². The first-order valence-corrected chi connectivity index (χ1v) is 7.55. The maximum atomic E-state index is 5.27. The highest BCUT2D eigenvalue weighted by molar-refractivity contribution is 9.25. The van der Waals surface area contributed by atoms with E-state index in [9.17, 15) is 0 Å². The lowest BCUT2D eigenvalue weighted by molar-refractivity contribution is 0.258. The SMILES string of the molecule is CCC(C)[Si](Br)(OC)OC. The Morgan fingerprint density at radius 2 is 1.80 bits per heavy atom. The molecule has 62 valence electrons. The largest absolute Gasteiger partial charge is 0.416 e. The summed E-state index contributed by atoms with van der Waals surface area (Å²) in [5.41, 5.74) is 0.488. The van der Waals surface area contributed by atoms with Gasteiger partial charge in [-0.1, -0.05) is 35.6 Å². The summed E-state index contributed by atoms with van der Waals surface area (Å²) in [6.07, 6.45) is 1.08. The lowest BCUT2D eigenvalue weighted by Gasteiger charge is -2.25. The van der Waals surface area contributed by atoms with E-state index in [4.69, 9.17) is 8.85 Å². The van der Waals surface area contributed by atoms with Gasteiger partial charge in [0, 0.05) is 19.8 Å². The Bertz CT molecular complexity index is 95.7. The molecule has 0 fully saturated rings. The summed E-state index contributed by atoms with van der Waals surface area (Å²) < 4.78 is 10.5. The molecule has 0 aliphatic rings. The maximum Gasteiger partial charge on any atom is 0.416 e. The Kier molecular flexibility index (Phi) is 4.76. The molecule has 0 bridgehead atoms. The van der Waals surface area contributed by atoms with Crippen LogP contribution in [0.3, 0.4) is 0 Å². The van der Waals surface area contributed by atoms with Crippen molar-refractivity contribution < 1.29 is 8.85 Å². The predicted molar refractivity (Wildman–Crippen MR) is 48.4 cm³/mol. The van der Waals surface area contributed by atoms with E-state index in [-0.39, 0.29) is 0 Å². The van der Waals surface area contributed by atoms with E-state index in [1.807, 2.05) is 0 Å². The minimum Gasteiger partial charge on any atom is -0.390 e. The van der Waals surface area contributed by atoms with Gasteiger partial charge < -0.3 is 8.85 Å². The van der Waals surface area contributed by atoms with E-state index >= 15 is 0 Å². The number of hydrogen-bond donors (Lipinski definition) is 0. The fourth-order valence-corrected chi connectivity index (χ4v) is 3.16. The average Bonchev–Trinajstić information content (AvgIpc) is 2.01. The monoisotopic (exact) mass is 226 g/mol. The molecular formula is C6H15BrO2Si. The Balaban J connectivity index is 4.02. The number of halogens is 1. The zero-order chi connectivity index (χ0) is 8.20. The highest BCUT2D eigenvalue weighted by Gasteiger charge is 2.38. The van der Waals surface area contributed by atoms with Crippen LogP contribution in [0, 0.1) is 0 Å². The van der Waals surface area contributed by atoms with Gasteiger partial charge >= 0.3 is 7.18 Å². The van der Waals surface area contributed by atoms with Gasteiger partial charge in [-0.15, -0.1) is 0 Å². The Labute approximate surface area is 71.7 Å². The molecule has 0 aliphatic heterocycles. The molecule has 0 amide bonds. The Morgan fingerprint density at radius 1 is 1.40 bits per heavy atom. The third kappa shape index (κ3) is 2.34. The van der Waals surface area contributed by atoms with Gasteiger partial charge in [0.2, 0.25) is 0 Å². The second kappa shape index (κ2) is 4.49. The van der Waals surface area contributed by atoms with Crippen LogP contribution in [0.5, 0.6) is 0 Å². The van der Waals surface area contributed by atoms with E-state index in [2.05, 4.69) is 29.1 Å². The van der Waals surface area contributed by atoms with Crippen LogP contribution in [0.4, 0.5) is 0 Å². The maximum absolute atomic E-state index is 5.27. The Morgan fingerprint density at radius 3 is 1.90 bits per heavy atom. The van der Waals surface area contributed by atoms with E-state index in [0.29, 0.717) is 5.54 Å². The molecule has 0 heterocycles. The van der Waals surface area contributed by atoms with Crippen molar-refractivity contribution in [3.05, 3.63) is 0 Å². The van der Waals surface area contributed by atoms with E-state index in [1.165, 1.54) is 0 Å². The van der Waals surface area contributed by atoms with Crippen LogP contribution in [0.15, 0.2) is 0 Å². The second-order valence-electron chi connectivity index (χ2n) is 2.30. The number of hydrogen-bond acceptors (Lipinski definition) is 2. The first-order chi connectivity index (χ1) is 4.60. The lowest BCUT2D eigenvalue weighted by atomic mass is 10.4. The van der Waals surface area contributed by atoms with Crippen molar-refractivity contribution in [3.8, 4) is 0 Å². The van der Waals surface area contributed by atoms with E-state index < -0.39 is 7.18 Å². The quantitative estimate of drug-likeness (QED) is 0.542. The summed E-state index contributed by atoms with van der Waals surface area (Å²) >= 11 is 3.50. The summed E-state index contributed by atoms with van der Waals surface area (Å²) in [6, 6.07) is 0. The molecule has 0 aliphatic carbocycles. The molecule has 0 saturated carbocycles. The molecule has 0 N–H and O–H groups in total. The first kappa shape index (κ1) is 10.6. The molecule has 2 nitrogen and oxygen atoms in total. The average molecular weight is 227 g/mol. The summed E-state index contributed by atoms with van der Waals surface area (Å²) in [5, 5.41) is 0. The fraction of sp³-hybridized carbons (Fsp3) is 1.00. The zero-order valence-electron chi connectivity index (χ0n) is 6.98. The van der Waals surface area contributed by atoms with Crippen LogP contribution >= 0.6 is 15.3 Å². The van der Waals surface area contributed by atoms with Crippen LogP contribution < -0.4 is 0 Å². The minimum atomic E-state index is -1.99. The molecule has 0 spiro atoms. The molecule has 1 unspecified atom stereocenters. The topological polar surface area (TPSA) is 18.5 Å². The van der Waals surface area contributed by atoms with Crippen LogP contribution in [-0.2, 0) is 8.85 Å². The van der Waals surface area contributed by atoms with Gasteiger partial charge in [0.25, 0.3) is 0 Å². The second-order valence-corrected chi connectivity index (χ2v) is 8.58. The van der Waals surface area contributed by atoms with Gasteiger partial charge in [-0.25, -0.2) is 0 Å². The summed E-state index contributed by atoms with van der Waals surface area (Å²) in [6.45, 7) is 4.26. The highest BCUT2D eigenvalue weighted by Crippen LogP contribution is 2.30. The van der Waals surface area contributed by atoms with Crippen molar-refractivity contribution in [1.29, 1.82) is 0 Å². The Hall–Kier alpha value is 0.617. The molecule has 4 heteroatoms. The van der Waals surface area contributed by atoms with Crippen LogP contribution in [-0.4, -0.2) is 21.4 Å². The molecule has 0 aromatic carbocycles. The molecule has 10 heavy (non-hydrogen) atoms. The van der Waals surface area contributed by atoms with E-state index in [0.717, 1.165) is 6.42 Å². The van der Waals surface area contributed by atoms with Gasteiger partial charge in [0.1, 0.15) is 0 Å². The van der Waals surface area contributed by atoms with Gasteiger partial charge in [0.15, 0.2) is 0 Å². The van der Waals surface area contributed by atoms with Crippen molar-refractivity contribution in [1.82, 2.24) is 0 Å². The molecular weight excluding hydrogens is 212 g/mol. The summed E-state index contributed by atoms with van der Waals surface area (Å²) in [4.78, 5) is 0. The van der Waals surface area contributed by atoms with Crippen LogP contribution in [0.25, 0.3) is 0 Å². The van der Waals surface area contributed by atoms with Gasteiger partial charge in [-0.3, -0.25) is 0 Å². The molecule has 0 aromatic rings. The molecule has 0 aromatic heterocycles. The van der Waals surface area contributed by atoms with Crippen molar-refractivity contribution >= 4 is 22.5 Å². The lowest BCUT2D eigenvalue weighted by Crippen LogP contribution is -2.37. The normalized spacial score (nSPS) is 15.3. The fourth-order valence-electron chi connectivity index (χ4n) is 0.730. The summed E-state index contributed by atoms with van der Waals surface area (Å²) in [5.74, 6) is 0. The zero-order valence-corrected chi connectivity index (χ0v) is 9.56. The van der Waals surface area contributed by atoms with Crippen molar-refractivity contribution in [2.24, 2.45) is 0 Å².